The molecule has 0 amide bonds. The van der Waals surface area contributed by atoms with Crippen LogP contribution in [0.4, 0.5) is 0 Å². The molecule has 0 aliphatic heterocycles. The van der Waals surface area contributed by atoms with Gasteiger partial charge in [-0.2, -0.15) is 4.89 Å². The summed E-state index contributed by atoms with van der Waals surface area (Å²) >= 11 is 0. The van der Waals surface area contributed by atoms with E-state index in [1.807, 2.05) is 0 Å². The van der Waals surface area contributed by atoms with Gasteiger partial charge in [-0.3, -0.25) is 4.79 Å². The molecule has 16 heavy (non-hydrogen) atoms. The molecule has 5 nitrogen and oxygen atoms in total. The first-order chi connectivity index (χ1) is 7.58. The van der Waals surface area contributed by atoms with Gasteiger partial charge in [0, 0.05) is 0 Å². The quantitative estimate of drug-likeness (QED) is 0.310. The predicted molar refractivity (Wildman–Crippen MR) is 60.2 cm³/mol. The van der Waals surface area contributed by atoms with Gasteiger partial charge in [-0.15, -0.1) is 0 Å². The standard InChI is InChI=1S/C11H21NO4/c1-5-9(16-15-7-3)10(12)8(4)11(13)14-6-2/h5,8,10H,6-7,12H2,1-4H3/b9-5+. The predicted octanol–water partition coefficient (Wildman–Crippen LogP) is 1.38. The number of rotatable bonds is 7. The average molecular weight is 231 g/mol. The molecule has 2 N–H and O–H groups in total. The summed E-state index contributed by atoms with van der Waals surface area (Å²) in [5, 5.41) is 0. The van der Waals surface area contributed by atoms with E-state index in [1.165, 1.54) is 0 Å². The molecule has 0 saturated heterocycles. The van der Waals surface area contributed by atoms with E-state index in [0.717, 1.165) is 0 Å². The Labute approximate surface area is 96.5 Å². The van der Waals surface area contributed by atoms with Gasteiger partial charge in [0.2, 0.25) is 0 Å². The van der Waals surface area contributed by atoms with Crippen molar-refractivity contribution in [1.29, 1.82) is 0 Å². The number of nitrogens with two attached hydrogens (primary N) is 1. The Kier molecular flexibility index (Phi) is 7.58. The van der Waals surface area contributed by atoms with Crippen LogP contribution in [-0.2, 0) is 19.3 Å². The van der Waals surface area contributed by atoms with Crippen LogP contribution in [0.2, 0.25) is 0 Å². The smallest absolute Gasteiger partial charge is 0.310 e. The fourth-order valence-electron chi connectivity index (χ4n) is 1.09. The molecule has 2 unspecified atom stereocenters. The van der Waals surface area contributed by atoms with Gasteiger partial charge in [0.15, 0.2) is 5.76 Å². The largest absolute Gasteiger partial charge is 0.466 e. The van der Waals surface area contributed by atoms with Gasteiger partial charge in [-0.1, -0.05) is 0 Å². The summed E-state index contributed by atoms with van der Waals surface area (Å²) in [4.78, 5) is 21.2. The number of carbonyl (C=O) groups excluding carboxylic acids is 1. The van der Waals surface area contributed by atoms with Gasteiger partial charge in [0.1, 0.15) is 0 Å². The zero-order valence-electron chi connectivity index (χ0n) is 10.4. The first kappa shape index (κ1) is 14.9. The van der Waals surface area contributed by atoms with Crippen molar-refractivity contribution in [2.75, 3.05) is 13.2 Å². The molecule has 0 aromatic rings. The number of ether oxygens (including phenoxy) is 1. The van der Waals surface area contributed by atoms with Crippen LogP contribution in [0.15, 0.2) is 11.8 Å². The SMILES string of the molecule is C/C=C(/OOCC)C(N)C(C)C(=O)OCC. The topological polar surface area (TPSA) is 70.8 Å². The minimum absolute atomic E-state index is 0.338. The molecular formula is C11H21NO4. The zero-order chi connectivity index (χ0) is 12.6. The molecule has 0 rings (SSSR count). The van der Waals surface area contributed by atoms with E-state index >= 15 is 0 Å². The third-order valence-corrected chi connectivity index (χ3v) is 2.08. The summed E-state index contributed by atoms with van der Waals surface area (Å²) in [6.07, 6.45) is 1.68. The Balaban J connectivity index is 4.38. The Morgan fingerprint density at radius 2 is 2.00 bits per heavy atom. The fraction of sp³-hybridized carbons (Fsp3) is 0.727. The van der Waals surface area contributed by atoms with E-state index in [-0.39, 0.29) is 5.97 Å². The van der Waals surface area contributed by atoms with E-state index in [0.29, 0.717) is 19.0 Å². The van der Waals surface area contributed by atoms with Gasteiger partial charge in [0.25, 0.3) is 0 Å². The number of carbonyl (C=O) groups is 1. The van der Waals surface area contributed by atoms with Crippen molar-refractivity contribution >= 4 is 5.97 Å². The Morgan fingerprint density at radius 1 is 1.38 bits per heavy atom. The summed E-state index contributed by atoms with van der Waals surface area (Å²) in [5.74, 6) is -0.372. The Bertz CT molecular complexity index is 240. The fourth-order valence-corrected chi connectivity index (χ4v) is 1.09. The molecular weight excluding hydrogens is 210 g/mol. The zero-order valence-corrected chi connectivity index (χ0v) is 10.4. The third kappa shape index (κ3) is 4.63. The monoisotopic (exact) mass is 231 g/mol. The molecule has 0 spiro atoms. The van der Waals surface area contributed by atoms with Gasteiger partial charge in [-0.25, -0.2) is 0 Å². The van der Waals surface area contributed by atoms with Crippen molar-refractivity contribution in [2.24, 2.45) is 11.7 Å². The highest BCUT2D eigenvalue weighted by Crippen LogP contribution is 2.13. The van der Waals surface area contributed by atoms with E-state index in [4.69, 9.17) is 20.2 Å². The molecule has 0 heterocycles. The summed E-state index contributed by atoms with van der Waals surface area (Å²) in [7, 11) is 0. The van der Waals surface area contributed by atoms with Crippen molar-refractivity contribution in [1.82, 2.24) is 0 Å². The molecule has 0 saturated carbocycles. The van der Waals surface area contributed by atoms with Crippen LogP contribution in [-0.4, -0.2) is 25.2 Å². The lowest BCUT2D eigenvalue weighted by Gasteiger charge is -2.20. The van der Waals surface area contributed by atoms with Crippen molar-refractivity contribution in [3.05, 3.63) is 11.8 Å². The van der Waals surface area contributed by atoms with Gasteiger partial charge >= 0.3 is 5.97 Å². The Hall–Kier alpha value is -1.07. The molecule has 0 bridgehead atoms. The molecule has 2 atom stereocenters. The maximum atomic E-state index is 11.5. The normalized spacial score (nSPS) is 15.4. The molecule has 0 fully saturated rings. The van der Waals surface area contributed by atoms with Crippen molar-refractivity contribution in [3.63, 3.8) is 0 Å². The lowest BCUT2D eigenvalue weighted by molar-refractivity contribution is -0.262. The van der Waals surface area contributed by atoms with Crippen molar-refractivity contribution in [2.45, 2.75) is 33.7 Å². The number of hydrogen-bond donors (Lipinski definition) is 1. The highest BCUT2D eigenvalue weighted by atomic mass is 17.2. The summed E-state index contributed by atoms with van der Waals surface area (Å²) in [6, 6.07) is -0.560. The molecule has 5 heteroatoms. The molecule has 0 aliphatic rings. The highest BCUT2D eigenvalue weighted by Gasteiger charge is 2.26. The third-order valence-electron chi connectivity index (χ3n) is 2.08. The summed E-state index contributed by atoms with van der Waals surface area (Å²) < 4.78 is 4.88. The lowest BCUT2D eigenvalue weighted by Crippen LogP contribution is -2.37. The van der Waals surface area contributed by atoms with Crippen LogP contribution in [0.3, 0.4) is 0 Å². The van der Waals surface area contributed by atoms with Crippen LogP contribution in [0.25, 0.3) is 0 Å². The maximum absolute atomic E-state index is 11.5. The van der Waals surface area contributed by atoms with Crippen LogP contribution in [0.5, 0.6) is 0 Å². The number of esters is 1. The highest BCUT2D eigenvalue weighted by molar-refractivity contribution is 5.73. The minimum Gasteiger partial charge on any atom is -0.466 e. The van der Waals surface area contributed by atoms with Gasteiger partial charge < -0.3 is 15.4 Å². The second-order valence-electron chi connectivity index (χ2n) is 3.25. The molecule has 0 radical (unpaired) electrons. The lowest BCUT2D eigenvalue weighted by atomic mass is 10.0. The van der Waals surface area contributed by atoms with Gasteiger partial charge in [0.05, 0.1) is 25.2 Å². The number of hydrogen-bond acceptors (Lipinski definition) is 5. The van der Waals surface area contributed by atoms with Crippen LogP contribution < -0.4 is 5.73 Å². The summed E-state index contributed by atoms with van der Waals surface area (Å²) in [5.41, 5.74) is 5.87. The van der Waals surface area contributed by atoms with Crippen molar-refractivity contribution < 1.29 is 19.3 Å². The first-order valence-electron chi connectivity index (χ1n) is 5.46. The minimum atomic E-state index is -0.560. The Morgan fingerprint density at radius 3 is 2.44 bits per heavy atom. The van der Waals surface area contributed by atoms with Crippen LogP contribution in [0, 0.1) is 5.92 Å². The van der Waals surface area contributed by atoms with E-state index in [2.05, 4.69) is 0 Å². The van der Waals surface area contributed by atoms with Crippen molar-refractivity contribution in [3.8, 4) is 0 Å². The van der Waals surface area contributed by atoms with Crippen LogP contribution in [0.1, 0.15) is 27.7 Å². The van der Waals surface area contributed by atoms with E-state index < -0.39 is 12.0 Å². The number of allylic oxidation sites excluding steroid dienone is 1. The molecule has 94 valence electrons. The molecule has 0 aromatic heterocycles. The van der Waals surface area contributed by atoms with E-state index in [9.17, 15) is 4.79 Å². The summed E-state index contributed by atoms with van der Waals surface area (Å²) in [6.45, 7) is 7.77. The molecule has 0 aliphatic carbocycles. The first-order valence-corrected chi connectivity index (χ1v) is 5.46. The van der Waals surface area contributed by atoms with Crippen LogP contribution >= 0.6 is 0 Å². The molecule has 0 aromatic carbocycles. The maximum Gasteiger partial charge on any atom is 0.310 e. The van der Waals surface area contributed by atoms with Gasteiger partial charge in [-0.05, 0) is 33.8 Å². The average Bonchev–Trinajstić information content (AvgIpc) is 2.29. The second-order valence-corrected chi connectivity index (χ2v) is 3.25. The van der Waals surface area contributed by atoms with E-state index in [1.54, 1.807) is 33.8 Å². The second kappa shape index (κ2) is 8.13.